The minimum atomic E-state index is 0.00992. The Balaban J connectivity index is 2.54. The molecule has 0 bridgehead atoms. The molecule has 1 N–H and O–H groups in total. The van der Waals surface area contributed by atoms with Gasteiger partial charge in [-0.05, 0) is 29.5 Å². The Morgan fingerprint density at radius 2 is 1.70 bits per heavy atom. The molecule has 0 fully saturated rings. The minimum Gasteiger partial charge on any atom is -0.351 e. The summed E-state index contributed by atoms with van der Waals surface area (Å²) in [6, 6.07) is 7.88. The summed E-state index contributed by atoms with van der Waals surface area (Å²) in [4.78, 5) is 12.4. The van der Waals surface area contributed by atoms with Gasteiger partial charge < -0.3 is 5.32 Å². The normalized spacial score (nSPS) is 12.8. The number of benzene rings is 1. The highest BCUT2D eigenvalue weighted by Crippen LogP contribution is 2.19. The van der Waals surface area contributed by atoms with Gasteiger partial charge in [0.1, 0.15) is 0 Å². The van der Waals surface area contributed by atoms with Gasteiger partial charge in [0.2, 0.25) is 0 Å². The molecule has 0 spiro atoms. The maximum atomic E-state index is 12.1. The molecule has 1 amide bonds. The highest BCUT2D eigenvalue weighted by molar-refractivity contribution is 9.09. The van der Waals surface area contributed by atoms with Crippen molar-refractivity contribution >= 4 is 21.8 Å². The van der Waals surface area contributed by atoms with Crippen LogP contribution in [0.25, 0.3) is 0 Å². The second-order valence-corrected chi connectivity index (χ2v) is 6.76. The molecule has 1 aromatic rings. The highest BCUT2D eigenvalue weighted by atomic mass is 79.9. The van der Waals surface area contributed by atoms with Crippen molar-refractivity contribution in [1.29, 1.82) is 0 Å². The molecule has 2 nitrogen and oxygen atoms in total. The van der Waals surface area contributed by atoms with Crippen LogP contribution in [-0.4, -0.2) is 17.3 Å². The Kier molecular flexibility index (Phi) is 7.28. The number of rotatable bonds is 7. The molecule has 3 heteroatoms. The van der Waals surface area contributed by atoms with Crippen LogP contribution < -0.4 is 5.32 Å². The van der Waals surface area contributed by atoms with Crippen LogP contribution in [0.3, 0.4) is 0 Å². The number of carbonyl (C=O) groups excluding carboxylic acids is 1. The van der Waals surface area contributed by atoms with Gasteiger partial charge in [-0.15, -0.1) is 0 Å². The lowest BCUT2D eigenvalue weighted by molar-refractivity contribution is 0.0952. The van der Waals surface area contributed by atoms with E-state index in [-0.39, 0.29) is 5.91 Å². The van der Waals surface area contributed by atoms with Gasteiger partial charge in [-0.25, -0.2) is 0 Å². The van der Waals surface area contributed by atoms with E-state index in [1.807, 2.05) is 24.3 Å². The lowest BCUT2D eigenvalue weighted by Crippen LogP contribution is -2.32. The molecule has 1 rings (SSSR count). The Hall–Kier alpha value is -0.830. The van der Waals surface area contributed by atoms with Crippen molar-refractivity contribution in [2.75, 3.05) is 6.54 Å². The summed E-state index contributed by atoms with van der Waals surface area (Å²) >= 11 is 3.68. The summed E-state index contributed by atoms with van der Waals surface area (Å²) in [5, 5.41) is 3.01. The number of hydrogen-bond donors (Lipinski definition) is 1. The molecule has 0 saturated carbocycles. The van der Waals surface area contributed by atoms with E-state index in [0.717, 1.165) is 18.4 Å². The predicted octanol–water partition coefficient (Wildman–Crippen LogP) is 4.74. The molecule has 1 aromatic carbocycles. The van der Waals surface area contributed by atoms with Crippen LogP contribution in [0.5, 0.6) is 0 Å². The van der Waals surface area contributed by atoms with Crippen LogP contribution in [-0.2, 0) is 0 Å². The fraction of sp³-hybridized carbons (Fsp3) is 0.588. The van der Waals surface area contributed by atoms with Crippen molar-refractivity contribution in [3.8, 4) is 0 Å². The maximum absolute atomic E-state index is 12.1. The summed E-state index contributed by atoms with van der Waals surface area (Å²) in [6.07, 6.45) is 2.26. The molecule has 0 aliphatic carbocycles. The monoisotopic (exact) mass is 339 g/mol. The Labute approximate surface area is 131 Å². The van der Waals surface area contributed by atoms with Gasteiger partial charge in [-0.3, -0.25) is 4.79 Å². The van der Waals surface area contributed by atoms with E-state index in [1.54, 1.807) is 0 Å². The van der Waals surface area contributed by atoms with Gasteiger partial charge in [-0.1, -0.05) is 68.6 Å². The van der Waals surface area contributed by atoms with Crippen LogP contribution in [0, 0.1) is 5.92 Å². The summed E-state index contributed by atoms with van der Waals surface area (Å²) in [5.41, 5.74) is 2.00. The molecular formula is C17H26BrNO. The summed E-state index contributed by atoms with van der Waals surface area (Å²) in [5.74, 6) is 1.11. The third-order valence-corrected chi connectivity index (χ3v) is 4.93. The molecule has 0 aliphatic rings. The van der Waals surface area contributed by atoms with Gasteiger partial charge in [0.05, 0.1) is 0 Å². The standard InChI is InChI=1S/C17H26BrNO/c1-5-13(6-2)16(18)11-19-17(20)15-9-7-14(8-10-15)12(3)4/h7-10,12-13,16H,5-6,11H2,1-4H3,(H,19,20). The number of carbonyl (C=O) groups is 1. The van der Waals surface area contributed by atoms with Crippen molar-refractivity contribution in [2.24, 2.45) is 5.92 Å². The van der Waals surface area contributed by atoms with E-state index in [4.69, 9.17) is 0 Å². The van der Waals surface area contributed by atoms with E-state index in [1.165, 1.54) is 5.56 Å². The van der Waals surface area contributed by atoms with Crippen LogP contribution in [0.15, 0.2) is 24.3 Å². The first-order valence-corrected chi connectivity index (χ1v) is 8.43. The molecule has 1 atom stereocenters. The third-order valence-electron chi connectivity index (χ3n) is 3.86. The van der Waals surface area contributed by atoms with E-state index >= 15 is 0 Å². The van der Waals surface area contributed by atoms with Gasteiger partial charge in [0.25, 0.3) is 5.91 Å². The fourth-order valence-corrected chi connectivity index (χ4v) is 3.19. The largest absolute Gasteiger partial charge is 0.351 e. The molecule has 20 heavy (non-hydrogen) atoms. The summed E-state index contributed by atoms with van der Waals surface area (Å²) in [6.45, 7) is 9.36. The van der Waals surface area contributed by atoms with E-state index in [9.17, 15) is 4.79 Å². The van der Waals surface area contributed by atoms with Crippen molar-refractivity contribution in [3.05, 3.63) is 35.4 Å². The van der Waals surface area contributed by atoms with E-state index in [0.29, 0.717) is 23.2 Å². The van der Waals surface area contributed by atoms with Crippen molar-refractivity contribution < 1.29 is 4.79 Å². The van der Waals surface area contributed by atoms with Crippen LogP contribution in [0.1, 0.15) is 62.4 Å². The Morgan fingerprint density at radius 3 is 2.15 bits per heavy atom. The first-order valence-electron chi connectivity index (χ1n) is 7.51. The smallest absolute Gasteiger partial charge is 0.251 e. The quantitative estimate of drug-likeness (QED) is 0.714. The van der Waals surface area contributed by atoms with Gasteiger partial charge in [0, 0.05) is 16.9 Å². The van der Waals surface area contributed by atoms with Crippen LogP contribution in [0.4, 0.5) is 0 Å². The van der Waals surface area contributed by atoms with E-state index < -0.39 is 0 Å². The number of alkyl halides is 1. The zero-order valence-electron chi connectivity index (χ0n) is 12.9. The molecule has 0 saturated heterocycles. The molecule has 0 aliphatic heterocycles. The predicted molar refractivity (Wildman–Crippen MR) is 89.7 cm³/mol. The molecule has 1 unspecified atom stereocenters. The van der Waals surface area contributed by atoms with Crippen LogP contribution >= 0.6 is 15.9 Å². The second-order valence-electron chi connectivity index (χ2n) is 5.58. The zero-order valence-corrected chi connectivity index (χ0v) is 14.5. The molecule has 112 valence electrons. The second kappa shape index (κ2) is 8.46. The number of nitrogens with one attached hydrogen (secondary N) is 1. The van der Waals surface area contributed by atoms with Gasteiger partial charge >= 0.3 is 0 Å². The fourth-order valence-electron chi connectivity index (χ4n) is 2.28. The average Bonchev–Trinajstić information content (AvgIpc) is 2.46. The Morgan fingerprint density at radius 1 is 1.15 bits per heavy atom. The third kappa shape index (κ3) is 4.93. The van der Waals surface area contributed by atoms with E-state index in [2.05, 4.69) is 48.9 Å². The lowest BCUT2D eigenvalue weighted by atomic mass is 9.99. The van der Waals surface area contributed by atoms with Crippen molar-refractivity contribution in [2.45, 2.75) is 51.3 Å². The van der Waals surface area contributed by atoms with Gasteiger partial charge in [0.15, 0.2) is 0 Å². The number of halogens is 1. The average molecular weight is 340 g/mol. The first-order chi connectivity index (χ1) is 9.49. The number of hydrogen-bond acceptors (Lipinski definition) is 1. The first kappa shape index (κ1) is 17.2. The van der Waals surface area contributed by atoms with Crippen molar-refractivity contribution in [1.82, 2.24) is 5.32 Å². The molecular weight excluding hydrogens is 314 g/mol. The minimum absolute atomic E-state index is 0.00992. The topological polar surface area (TPSA) is 29.1 Å². The SMILES string of the molecule is CCC(CC)C(Br)CNC(=O)c1ccc(C(C)C)cc1. The Bertz CT molecular complexity index is 410. The molecule has 0 aromatic heterocycles. The summed E-state index contributed by atoms with van der Waals surface area (Å²) in [7, 11) is 0. The van der Waals surface area contributed by atoms with Crippen LogP contribution in [0.2, 0.25) is 0 Å². The van der Waals surface area contributed by atoms with Crippen molar-refractivity contribution in [3.63, 3.8) is 0 Å². The molecule has 0 heterocycles. The number of amides is 1. The van der Waals surface area contributed by atoms with Gasteiger partial charge in [-0.2, -0.15) is 0 Å². The highest BCUT2D eigenvalue weighted by Gasteiger charge is 2.16. The summed E-state index contributed by atoms with van der Waals surface area (Å²) < 4.78 is 0. The molecule has 0 radical (unpaired) electrons. The lowest BCUT2D eigenvalue weighted by Gasteiger charge is -2.20. The maximum Gasteiger partial charge on any atom is 0.251 e. The zero-order chi connectivity index (χ0) is 15.1.